The average molecular weight is 266 g/mol. The Hall–Kier alpha value is -1.16. The Kier molecular flexibility index (Phi) is 4.53. The fourth-order valence-electron chi connectivity index (χ4n) is 2.01. The van der Waals surface area contributed by atoms with Gasteiger partial charge in [0.25, 0.3) is 0 Å². The van der Waals surface area contributed by atoms with E-state index in [1.54, 1.807) is 13.2 Å². The molecule has 3 nitrogen and oxygen atoms in total. The number of rotatable bonds is 5. The van der Waals surface area contributed by atoms with Crippen molar-refractivity contribution in [1.82, 2.24) is 0 Å². The van der Waals surface area contributed by atoms with E-state index >= 15 is 0 Å². The van der Waals surface area contributed by atoms with E-state index in [0.29, 0.717) is 23.5 Å². The fourth-order valence-corrected chi connectivity index (χ4v) is 2.73. The van der Waals surface area contributed by atoms with Crippen molar-refractivity contribution in [1.29, 1.82) is 0 Å². The molecule has 0 radical (unpaired) electrons. The molecule has 98 valence electrons. The first-order valence-corrected chi connectivity index (χ1v) is 7.35. The quantitative estimate of drug-likeness (QED) is 0.767. The molecule has 0 bridgehead atoms. The van der Waals surface area contributed by atoms with Gasteiger partial charge in [-0.15, -0.1) is 0 Å². The molecule has 1 heterocycles. The van der Waals surface area contributed by atoms with Gasteiger partial charge in [-0.1, -0.05) is 6.92 Å². The topological polar surface area (TPSA) is 35.5 Å². The lowest BCUT2D eigenvalue weighted by Gasteiger charge is -2.25. The first-order chi connectivity index (χ1) is 8.74. The second-order valence-electron chi connectivity index (χ2n) is 4.21. The molecule has 1 aromatic rings. The van der Waals surface area contributed by atoms with Crippen LogP contribution in [-0.2, 0) is 0 Å². The molecule has 0 aliphatic carbocycles. The van der Waals surface area contributed by atoms with Gasteiger partial charge in [0.15, 0.2) is 5.78 Å². The molecule has 0 amide bonds. The average Bonchev–Trinajstić information content (AvgIpc) is 2.39. The van der Waals surface area contributed by atoms with Crippen molar-refractivity contribution < 1.29 is 14.3 Å². The number of benzene rings is 1. The smallest absolute Gasteiger partial charge is 0.170 e. The minimum absolute atomic E-state index is 0.0254. The van der Waals surface area contributed by atoms with E-state index in [1.807, 2.05) is 23.9 Å². The summed E-state index contributed by atoms with van der Waals surface area (Å²) in [5.74, 6) is 3.69. The van der Waals surface area contributed by atoms with E-state index in [9.17, 15) is 4.79 Å². The largest absolute Gasteiger partial charge is 0.497 e. The van der Waals surface area contributed by atoms with Gasteiger partial charge in [-0.05, 0) is 36.1 Å². The summed E-state index contributed by atoms with van der Waals surface area (Å²) < 4.78 is 11.0. The highest BCUT2D eigenvalue weighted by atomic mass is 32.2. The normalized spacial score (nSPS) is 18.1. The van der Waals surface area contributed by atoms with Crippen LogP contribution in [0.1, 0.15) is 30.1 Å². The molecule has 1 aromatic carbocycles. The Labute approximate surface area is 112 Å². The minimum atomic E-state index is 0.0254. The van der Waals surface area contributed by atoms with E-state index in [2.05, 4.69) is 6.92 Å². The van der Waals surface area contributed by atoms with Crippen LogP contribution in [0, 0.1) is 0 Å². The predicted octanol–water partition coefficient (Wildman–Crippen LogP) is 3.17. The van der Waals surface area contributed by atoms with Gasteiger partial charge < -0.3 is 9.47 Å². The lowest BCUT2D eigenvalue weighted by atomic mass is 9.99. The van der Waals surface area contributed by atoms with Crippen LogP contribution < -0.4 is 9.47 Å². The highest BCUT2D eigenvalue weighted by Gasteiger charge is 2.26. The maximum Gasteiger partial charge on any atom is 0.170 e. The number of ketones is 1. The second kappa shape index (κ2) is 6.14. The summed E-state index contributed by atoms with van der Waals surface area (Å²) in [6, 6.07) is 5.41. The zero-order valence-corrected chi connectivity index (χ0v) is 11.6. The van der Waals surface area contributed by atoms with Crippen LogP contribution in [0.2, 0.25) is 0 Å². The van der Waals surface area contributed by atoms with E-state index in [1.165, 1.54) is 0 Å². The van der Waals surface area contributed by atoms with Crippen LogP contribution in [0.25, 0.3) is 0 Å². The third-order valence-corrected chi connectivity index (χ3v) is 3.91. The zero-order chi connectivity index (χ0) is 13.0. The van der Waals surface area contributed by atoms with Crippen LogP contribution in [0.15, 0.2) is 18.2 Å². The predicted molar refractivity (Wildman–Crippen MR) is 74.0 cm³/mol. The second-order valence-corrected chi connectivity index (χ2v) is 5.61. The highest BCUT2D eigenvalue weighted by Crippen LogP contribution is 2.32. The first kappa shape index (κ1) is 13.3. The van der Waals surface area contributed by atoms with Crippen molar-refractivity contribution in [3.05, 3.63) is 23.8 Å². The Balaban J connectivity index is 2.07. The minimum Gasteiger partial charge on any atom is -0.497 e. The number of carbonyl (C=O) groups is 1. The third kappa shape index (κ3) is 2.99. The van der Waals surface area contributed by atoms with Gasteiger partial charge in [0.1, 0.15) is 17.6 Å². The van der Waals surface area contributed by atoms with Gasteiger partial charge >= 0.3 is 0 Å². The summed E-state index contributed by atoms with van der Waals surface area (Å²) >= 11 is 1.88. The van der Waals surface area contributed by atoms with Gasteiger partial charge in [0.2, 0.25) is 0 Å². The van der Waals surface area contributed by atoms with Crippen LogP contribution >= 0.6 is 11.8 Å². The Morgan fingerprint density at radius 3 is 3.06 bits per heavy atom. The number of fused-ring (bicyclic) bond motifs is 1. The third-order valence-electron chi connectivity index (χ3n) is 2.98. The molecule has 1 unspecified atom stereocenters. The number of methoxy groups -OCH3 is 1. The summed E-state index contributed by atoms with van der Waals surface area (Å²) in [7, 11) is 1.60. The van der Waals surface area contributed by atoms with Crippen molar-refractivity contribution in [3.8, 4) is 11.5 Å². The molecule has 0 spiro atoms. The molecule has 0 saturated carbocycles. The summed E-state index contributed by atoms with van der Waals surface area (Å²) in [5.41, 5.74) is 0.647. The lowest BCUT2D eigenvalue weighted by Crippen LogP contribution is -2.27. The maximum atomic E-state index is 12.1. The molecule has 4 heteroatoms. The number of Topliss-reactive ketones (excluding diaryl/α,β-unsaturated/α-hetero) is 1. The van der Waals surface area contributed by atoms with Crippen LogP contribution in [-0.4, -0.2) is 30.5 Å². The Morgan fingerprint density at radius 2 is 2.33 bits per heavy atom. The lowest BCUT2D eigenvalue weighted by molar-refractivity contribution is 0.0846. The summed E-state index contributed by atoms with van der Waals surface area (Å²) in [6.07, 6.45) is 1.43. The van der Waals surface area contributed by atoms with Gasteiger partial charge in [0, 0.05) is 6.42 Å². The standard InChI is InChI=1S/C14H18O3S/c1-3-18-7-6-11-9-13(15)12-8-10(16-2)4-5-14(12)17-11/h4-5,8,11H,3,6-7,9H2,1-2H3. The fraction of sp³-hybridized carbons (Fsp3) is 0.500. The highest BCUT2D eigenvalue weighted by molar-refractivity contribution is 7.99. The zero-order valence-electron chi connectivity index (χ0n) is 10.8. The van der Waals surface area contributed by atoms with E-state index in [4.69, 9.17) is 9.47 Å². The van der Waals surface area contributed by atoms with Gasteiger partial charge in [0.05, 0.1) is 12.7 Å². The number of hydrogen-bond acceptors (Lipinski definition) is 4. The summed E-state index contributed by atoms with van der Waals surface area (Å²) in [4.78, 5) is 12.1. The monoisotopic (exact) mass is 266 g/mol. The number of ether oxygens (including phenoxy) is 2. The van der Waals surface area contributed by atoms with Crippen molar-refractivity contribution >= 4 is 17.5 Å². The maximum absolute atomic E-state index is 12.1. The van der Waals surface area contributed by atoms with Crippen molar-refractivity contribution in [2.24, 2.45) is 0 Å². The number of hydrogen-bond donors (Lipinski definition) is 0. The summed E-state index contributed by atoms with van der Waals surface area (Å²) in [6.45, 7) is 2.14. The Bertz CT molecular complexity index is 431. The first-order valence-electron chi connectivity index (χ1n) is 6.20. The molecule has 1 atom stereocenters. The van der Waals surface area contributed by atoms with Crippen molar-refractivity contribution in [2.45, 2.75) is 25.9 Å². The van der Waals surface area contributed by atoms with Gasteiger partial charge in [-0.25, -0.2) is 0 Å². The molecule has 1 aliphatic heterocycles. The van der Waals surface area contributed by atoms with Crippen molar-refractivity contribution in [2.75, 3.05) is 18.6 Å². The SMILES string of the molecule is CCSCCC1CC(=O)c2cc(OC)ccc2O1. The van der Waals surface area contributed by atoms with Crippen molar-refractivity contribution in [3.63, 3.8) is 0 Å². The molecule has 0 N–H and O–H groups in total. The van der Waals surface area contributed by atoms with Crippen LogP contribution in [0.5, 0.6) is 11.5 Å². The van der Waals surface area contributed by atoms with Crippen LogP contribution in [0.3, 0.4) is 0 Å². The van der Waals surface area contributed by atoms with Gasteiger partial charge in [-0.2, -0.15) is 11.8 Å². The molecule has 1 aliphatic rings. The molecule has 2 rings (SSSR count). The van der Waals surface area contributed by atoms with E-state index < -0.39 is 0 Å². The summed E-state index contributed by atoms with van der Waals surface area (Å²) in [5, 5.41) is 0. The van der Waals surface area contributed by atoms with Gasteiger partial charge in [-0.3, -0.25) is 4.79 Å². The van der Waals surface area contributed by atoms with E-state index in [0.717, 1.165) is 17.9 Å². The number of thioether (sulfide) groups is 1. The molecular formula is C14H18O3S. The molecule has 0 fully saturated rings. The Morgan fingerprint density at radius 1 is 1.50 bits per heavy atom. The molecule has 18 heavy (non-hydrogen) atoms. The van der Waals surface area contributed by atoms with E-state index in [-0.39, 0.29) is 11.9 Å². The number of carbonyl (C=O) groups excluding carboxylic acids is 1. The molecular weight excluding hydrogens is 248 g/mol. The molecule has 0 saturated heterocycles. The van der Waals surface area contributed by atoms with Crippen LogP contribution in [0.4, 0.5) is 0 Å². The molecule has 0 aromatic heterocycles.